The lowest BCUT2D eigenvalue weighted by Gasteiger charge is -2.39. The van der Waals surface area contributed by atoms with Crippen molar-refractivity contribution in [2.24, 2.45) is 16.7 Å². The van der Waals surface area contributed by atoms with E-state index in [-0.39, 0.29) is 35.7 Å². The van der Waals surface area contributed by atoms with Crippen molar-refractivity contribution in [3.8, 4) is 0 Å². The maximum Gasteiger partial charge on any atom is 0.328 e. The molecule has 0 spiro atoms. The Kier molecular flexibility index (Phi) is 4.05. The summed E-state index contributed by atoms with van der Waals surface area (Å²) in [5, 5.41) is 3.69. The highest BCUT2D eigenvalue weighted by molar-refractivity contribution is 5.79. The summed E-state index contributed by atoms with van der Waals surface area (Å²) in [6.45, 7) is 7.19. The van der Waals surface area contributed by atoms with E-state index in [9.17, 15) is 14.4 Å². The Morgan fingerprint density at radius 1 is 1.26 bits per heavy atom. The molecule has 6 heteroatoms. The highest BCUT2D eigenvalue weighted by atomic mass is 16.2. The molecule has 1 aromatic carbocycles. The quantitative estimate of drug-likeness (QED) is 0.868. The molecular weight excluding hydrogens is 342 g/mol. The lowest BCUT2D eigenvalue weighted by molar-refractivity contribution is -0.123. The van der Waals surface area contributed by atoms with Gasteiger partial charge < -0.3 is 5.32 Å². The number of carbonyl (C=O) groups excluding carboxylic acids is 1. The molecule has 1 amide bonds. The van der Waals surface area contributed by atoms with Crippen molar-refractivity contribution in [3.05, 3.63) is 45.1 Å². The minimum absolute atomic E-state index is 0.0354. The maximum absolute atomic E-state index is 12.6. The zero-order valence-corrected chi connectivity index (χ0v) is 16.2. The summed E-state index contributed by atoms with van der Waals surface area (Å²) in [5.41, 5.74) is 0.0753. The van der Waals surface area contributed by atoms with Gasteiger partial charge in [-0.15, -0.1) is 0 Å². The van der Waals surface area contributed by atoms with Crippen LogP contribution >= 0.6 is 0 Å². The highest BCUT2D eigenvalue weighted by Crippen LogP contribution is 2.65. The van der Waals surface area contributed by atoms with E-state index in [0.717, 1.165) is 12.8 Å². The summed E-state index contributed by atoms with van der Waals surface area (Å²) < 4.78 is 1.47. The second-order valence-electron chi connectivity index (χ2n) is 8.91. The molecule has 1 heterocycles. The van der Waals surface area contributed by atoms with Gasteiger partial charge in [-0.3, -0.25) is 19.1 Å². The van der Waals surface area contributed by atoms with Gasteiger partial charge in [-0.2, -0.15) is 0 Å². The van der Waals surface area contributed by atoms with Crippen molar-refractivity contribution in [1.29, 1.82) is 0 Å². The Labute approximate surface area is 158 Å². The molecule has 2 N–H and O–H groups in total. The number of fused-ring (bicyclic) bond motifs is 3. The topological polar surface area (TPSA) is 84.0 Å². The first-order valence-corrected chi connectivity index (χ1v) is 9.75. The van der Waals surface area contributed by atoms with Crippen LogP contribution in [0.2, 0.25) is 0 Å². The molecule has 2 saturated carbocycles. The van der Waals surface area contributed by atoms with Gasteiger partial charge in [0.25, 0.3) is 5.56 Å². The smallest absolute Gasteiger partial charge is 0.328 e. The van der Waals surface area contributed by atoms with Gasteiger partial charge in [-0.05, 0) is 48.1 Å². The average molecular weight is 369 g/mol. The van der Waals surface area contributed by atoms with Gasteiger partial charge in [0.05, 0.1) is 10.9 Å². The van der Waals surface area contributed by atoms with Gasteiger partial charge in [0.2, 0.25) is 5.91 Å². The number of nitrogens with zero attached hydrogens (tertiary/aromatic N) is 1. The standard InChI is InChI=1S/C21H27N3O3/c1-20(2)13-8-10-21(20,3)16(12-13)22-17(25)9-11-24-15-7-5-4-6-14(15)18(26)23-19(24)27/h4-7,13,16H,8-12H2,1-3H3,(H,22,25)(H,23,26,27)/t13-,16+,21-/m0/s1. The molecule has 2 aromatic rings. The molecule has 6 nitrogen and oxygen atoms in total. The Hall–Kier alpha value is -2.37. The van der Waals surface area contributed by atoms with Crippen molar-refractivity contribution in [1.82, 2.24) is 14.9 Å². The van der Waals surface area contributed by atoms with Crippen molar-refractivity contribution >= 4 is 16.8 Å². The van der Waals surface area contributed by atoms with Crippen molar-refractivity contribution in [2.75, 3.05) is 0 Å². The Balaban J connectivity index is 1.49. The fourth-order valence-electron chi connectivity index (χ4n) is 5.37. The summed E-state index contributed by atoms with van der Waals surface area (Å²) in [6, 6.07) is 7.17. The molecule has 2 bridgehead atoms. The Bertz CT molecular complexity index is 1020. The van der Waals surface area contributed by atoms with E-state index < -0.39 is 11.2 Å². The number of para-hydroxylation sites is 1. The molecule has 1 aromatic heterocycles. The Morgan fingerprint density at radius 3 is 2.67 bits per heavy atom. The van der Waals surface area contributed by atoms with Crippen LogP contribution in [0.15, 0.2) is 33.9 Å². The number of benzene rings is 1. The van der Waals surface area contributed by atoms with E-state index in [1.165, 1.54) is 11.0 Å². The summed E-state index contributed by atoms with van der Waals surface area (Å²) in [5.74, 6) is 0.630. The number of hydrogen-bond acceptors (Lipinski definition) is 3. The third kappa shape index (κ3) is 2.65. The van der Waals surface area contributed by atoms with Crippen LogP contribution in [0.3, 0.4) is 0 Å². The second-order valence-corrected chi connectivity index (χ2v) is 8.91. The van der Waals surface area contributed by atoms with Crippen LogP contribution in [-0.2, 0) is 11.3 Å². The van der Waals surface area contributed by atoms with Crippen LogP contribution in [-0.4, -0.2) is 21.5 Å². The van der Waals surface area contributed by atoms with Gasteiger partial charge in [0.1, 0.15) is 0 Å². The fourth-order valence-corrected chi connectivity index (χ4v) is 5.37. The van der Waals surface area contributed by atoms with Crippen LogP contribution in [0, 0.1) is 16.7 Å². The van der Waals surface area contributed by atoms with E-state index in [4.69, 9.17) is 0 Å². The number of carbonyl (C=O) groups is 1. The first-order valence-electron chi connectivity index (χ1n) is 9.75. The molecule has 27 heavy (non-hydrogen) atoms. The van der Waals surface area contributed by atoms with E-state index >= 15 is 0 Å². The molecule has 3 atom stereocenters. The minimum atomic E-state index is -0.473. The van der Waals surface area contributed by atoms with Crippen LogP contribution in [0.1, 0.15) is 46.5 Å². The van der Waals surface area contributed by atoms with E-state index in [1.807, 2.05) is 0 Å². The Morgan fingerprint density at radius 2 is 2.00 bits per heavy atom. The van der Waals surface area contributed by atoms with Crippen molar-refractivity contribution < 1.29 is 4.79 Å². The highest BCUT2D eigenvalue weighted by Gasteiger charge is 2.61. The molecule has 0 radical (unpaired) electrons. The summed E-state index contributed by atoms with van der Waals surface area (Å²) >= 11 is 0. The van der Waals surface area contributed by atoms with E-state index in [2.05, 4.69) is 31.1 Å². The number of amides is 1. The number of hydrogen-bond donors (Lipinski definition) is 2. The SMILES string of the molecule is CC1(C)[C@H]2CC[C@@]1(C)[C@H](NC(=O)CCn1c(=O)[nH]c(=O)c3ccccc31)C2. The van der Waals surface area contributed by atoms with Crippen LogP contribution < -0.4 is 16.6 Å². The second kappa shape index (κ2) is 6.08. The lowest BCUT2D eigenvalue weighted by Crippen LogP contribution is -2.47. The third-order valence-electron chi connectivity index (χ3n) is 7.60. The monoisotopic (exact) mass is 369 g/mol. The van der Waals surface area contributed by atoms with Crippen LogP contribution in [0.25, 0.3) is 10.9 Å². The molecule has 144 valence electrons. The van der Waals surface area contributed by atoms with Gasteiger partial charge in [-0.25, -0.2) is 4.79 Å². The lowest BCUT2D eigenvalue weighted by atomic mass is 9.69. The zero-order valence-electron chi connectivity index (χ0n) is 16.2. The van der Waals surface area contributed by atoms with Crippen molar-refractivity contribution in [2.45, 2.75) is 59.0 Å². The minimum Gasteiger partial charge on any atom is -0.353 e. The average Bonchev–Trinajstić information content (AvgIpc) is 2.95. The predicted octanol–water partition coefficient (Wildman–Crippen LogP) is 2.41. The third-order valence-corrected chi connectivity index (χ3v) is 7.60. The fraction of sp³-hybridized carbons (Fsp3) is 0.571. The number of nitrogens with one attached hydrogen (secondary N) is 2. The van der Waals surface area contributed by atoms with Gasteiger partial charge >= 0.3 is 5.69 Å². The van der Waals surface area contributed by atoms with Gasteiger partial charge in [0, 0.05) is 19.0 Å². The number of aromatic amines is 1. The first-order chi connectivity index (χ1) is 12.7. The molecule has 2 aliphatic rings. The number of H-pyrrole nitrogens is 1. The first kappa shape index (κ1) is 18.0. The normalized spacial score (nSPS) is 28.6. The molecule has 0 aliphatic heterocycles. The number of aromatic nitrogens is 2. The summed E-state index contributed by atoms with van der Waals surface area (Å²) in [7, 11) is 0. The van der Waals surface area contributed by atoms with E-state index in [0.29, 0.717) is 16.8 Å². The van der Waals surface area contributed by atoms with Crippen LogP contribution in [0.5, 0.6) is 0 Å². The molecule has 2 aliphatic carbocycles. The van der Waals surface area contributed by atoms with Crippen molar-refractivity contribution in [3.63, 3.8) is 0 Å². The predicted molar refractivity (Wildman–Crippen MR) is 105 cm³/mol. The summed E-state index contributed by atoms with van der Waals surface area (Å²) in [6.07, 6.45) is 3.65. The molecular formula is C21H27N3O3. The largest absolute Gasteiger partial charge is 0.353 e. The maximum atomic E-state index is 12.6. The van der Waals surface area contributed by atoms with Crippen LogP contribution in [0.4, 0.5) is 0 Å². The van der Waals surface area contributed by atoms with E-state index in [1.54, 1.807) is 24.3 Å². The zero-order chi connectivity index (χ0) is 19.4. The number of rotatable bonds is 4. The summed E-state index contributed by atoms with van der Waals surface area (Å²) in [4.78, 5) is 39.1. The molecule has 0 unspecified atom stereocenters. The molecule has 2 fully saturated rings. The van der Waals surface area contributed by atoms with Gasteiger partial charge in [-0.1, -0.05) is 32.9 Å². The van der Waals surface area contributed by atoms with Gasteiger partial charge in [0.15, 0.2) is 0 Å². The molecule has 4 rings (SSSR count). The number of aryl methyl sites for hydroxylation is 1. The molecule has 0 saturated heterocycles.